The predicted molar refractivity (Wildman–Crippen MR) is 239 cm³/mol. The summed E-state index contributed by atoms with van der Waals surface area (Å²) < 4.78 is 2.38. The van der Waals surface area contributed by atoms with Gasteiger partial charge in [0.05, 0.1) is 16.7 Å². The highest BCUT2D eigenvalue weighted by atomic mass is 15.1. The largest absolute Gasteiger partial charge is 0.308 e. The summed E-state index contributed by atoms with van der Waals surface area (Å²) in [7, 11) is 0. The molecule has 4 nitrogen and oxygen atoms in total. The fourth-order valence-corrected chi connectivity index (χ4v) is 9.03. The van der Waals surface area contributed by atoms with E-state index in [1.54, 1.807) is 0 Å². The molecule has 0 aliphatic heterocycles. The second-order valence-corrected chi connectivity index (χ2v) is 15.6. The fourth-order valence-electron chi connectivity index (χ4n) is 9.03. The first kappa shape index (κ1) is 33.9. The third kappa shape index (κ3) is 5.41. The Labute approximate surface area is 337 Å². The Bertz CT molecular complexity index is 3130. The highest BCUT2D eigenvalue weighted by molar-refractivity contribution is 6.09. The van der Waals surface area contributed by atoms with Crippen molar-refractivity contribution in [1.82, 2.24) is 19.5 Å². The lowest BCUT2D eigenvalue weighted by Crippen LogP contribution is -2.14. The van der Waals surface area contributed by atoms with Gasteiger partial charge in [-0.2, -0.15) is 0 Å². The minimum absolute atomic E-state index is 0.162. The normalized spacial score (nSPS) is 12.8. The third-order valence-electron chi connectivity index (χ3n) is 11.9. The van der Waals surface area contributed by atoms with Crippen LogP contribution in [0, 0.1) is 0 Å². The van der Waals surface area contributed by atoms with Gasteiger partial charge in [-0.05, 0) is 68.8 Å². The molecule has 0 atom stereocenters. The Kier molecular flexibility index (Phi) is 7.80. The summed E-state index contributed by atoms with van der Waals surface area (Å²) in [6.45, 7) is 4.62. The van der Waals surface area contributed by atoms with Gasteiger partial charge in [-0.3, -0.25) is 0 Å². The molecule has 0 fully saturated rings. The van der Waals surface area contributed by atoms with Crippen molar-refractivity contribution >= 4 is 21.8 Å². The van der Waals surface area contributed by atoms with Crippen LogP contribution in [0.3, 0.4) is 0 Å². The van der Waals surface area contributed by atoms with Crippen LogP contribution in [0.15, 0.2) is 194 Å². The molecule has 10 aromatic rings. The first-order valence-electron chi connectivity index (χ1n) is 19.9. The van der Waals surface area contributed by atoms with Gasteiger partial charge in [0.15, 0.2) is 17.5 Å². The summed E-state index contributed by atoms with van der Waals surface area (Å²) >= 11 is 0. The second-order valence-electron chi connectivity index (χ2n) is 15.6. The van der Waals surface area contributed by atoms with Crippen molar-refractivity contribution in [3.8, 4) is 73.2 Å². The van der Waals surface area contributed by atoms with Crippen LogP contribution in [-0.2, 0) is 5.41 Å². The molecule has 0 saturated carbocycles. The van der Waals surface area contributed by atoms with Crippen molar-refractivity contribution in [2.24, 2.45) is 0 Å². The molecule has 1 aliphatic rings. The van der Waals surface area contributed by atoms with Crippen molar-refractivity contribution in [2.45, 2.75) is 19.3 Å². The second kappa shape index (κ2) is 13.4. The number of aromatic nitrogens is 4. The molecule has 0 unspecified atom stereocenters. The number of fused-ring (bicyclic) bond motifs is 6. The van der Waals surface area contributed by atoms with Gasteiger partial charge in [0.1, 0.15) is 0 Å². The summed E-state index contributed by atoms with van der Waals surface area (Å²) in [6, 6.07) is 68.9. The molecule has 58 heavy (non-hydrogen) atoms. The number of para-hydroxylation sites is 2. The Hall–Kier alpha value is -7.43. The number of hydrogen-bond donors (Lipinski definition) is 0. The van der Waals surface area contributed by atoms with Gasteiger partial charge in [0.25, 0.3) is 0 Å². The maximum absolute atomic E-state index is 5.46. The average molecular weight is 743 g/mol. The van der Waals surface area contributed by atoms with Gasteiger partial charge in [-0.1, -0.05) is 184 Å². The Morgan fingerprint density at radius 3 is 1.53 bits per heavy atom. The topological polar surface area (TPSA) is 43.6 Å². The highest BCUT2D eigenvalue weighted by Gasteiger charge is 2.37. The Morgan fingerprint density at radius 2 is 0.845 bits per heavy atom. The quantitative estimate of drug-likeness (QED) is 0.170. The predicted octanol–water partition coefficient (Wildman–Crippen LogP) is 13.6. The van der Waals surface area contributed by atoms with E-state index in [0.29, 0.717) is 17.5 Å². The van der Waals surface area contributed by atoms with Gasteiger partial charge in [0, 0.05) is 32.9 Å². The molecule has 0 amide bonds. The molecule has 0 radical (unpaired) electrons. The molecule has 8 aromatic carbocycles. The Morgan fingerprint density at radius 1 is 0.362 bits per heavy atom. The smallest absolute Gasteiger partial charge is 0.166 e. The maximum Gasteiger partial charge on any atom is 0.166 e. The Balaban J connectivity index is 1.19. The van der Waals surface area contributed by atoms with Gasteiger partial charge >= 0.3 is 0 Å². The molecule has 1 aliphatic carbocycles. The van der Waals surface area contributed by atoms with E-state index in [9.17, 15) is 0 Å². The fraction of sp³-hybridized carbons (Fsp3) is 0.0556. The lowest BCUT2D eigenvalue weighted by Gasteiger charge is -2.21. The number of hydrogen-bond acceptors (Lipinski definition) is 3. The van der Waals surface area contributed by atoms with E-state index in [1.807, 2.05) is 6.07 Å². The van der Waals surface area contributed by atoms with Crippen LogP contribution in [-0.4, -0.2) is 19.5 Å². The van der Waals surface area contributed by atoms with Crippen LogP contribution >= 0.6 is 0 Å². The van der Waals surface area contributed by atoms with E-state index in [-0.39, 0.29) is 5.41 Å². The molecule has 4 heteroatoms. The zero-order valence-corrected chi connectivity index (χ0v) is 32.3. The molecule has 0 saturated heterocycles. The number of rotatable bonds is 6. The van der Waals surface area contributed by atoms with Crippen LogP contribution in [0.4, 0.5) is 0 Å². The van der Waals surface area contributed by atoms with Crippen molar-refractivity contribution < 1.29 is 0 Å². The van der Waals surface area contributed by atoms with Crippen LogP contribution < -0.4 is 0 Å². The standard InChI is InChI=1S/C54H38N4/c1-54(2)45-24-12-9-22-42(45)50-44(23-15-25-46(50)54)53-56-51(38-30-28-37(29-31-38)35-16-5-3-6-17-35)55-52(57-53)43-33-32-39(36-18-7-4-8-19-36)34-49(43)58-47-26-13-10-20-40(47)41-21-11-14-27-48(41)58/h3-34H,1-2H3. The number of nitrogens with zero attached hydrogens (tertiary/aromatic N) is 4. The van der Waals surface area contributed by atoms with Crippen molar-refractivity contribution in [1.29, 1.82) is 0 Å². The monoisotopic (exact) mass is 742 g/mol. The van der Waals surface area contributed by atoms with E-state index in [4.69, 9.17) is 15.0 Å². The van der Waals surface area contributed by atoms with Crippen LogP contribution in [0.5, 0.6) is 0 Å². The average Bonchev–Trinajstić information content (AvgIpc) is 3.75. The lowest BCUT2D eigenvalue weighted by molar-refractivity contribution is 0.660. The SMILES string of the molecule is CC1(C)c2ccccc2-c2c(-c3nc(-c4ccc(-c5ccccc5)cc4)nc(-c4ccc(-c5ccccc5)cc4-n4c5ccccc5c5ccccc54)n3)cccc21. The highest BCUT2D eigenvalue weighted by Crippen LogP contribution is 2.52. The minimum atomic E-state index is -0.162. The molecule has 0 bridgehead atoms. The summed E-state index contributed by atoms with van der Waals surface area (Å²) in [5, 5.41) is 2.40. The molecular formula is C54H38N4. The summed E-state index contributed by atoms with van der Waals surface area (Å²) in [6.07, 6.45) is 0. The molecule has 11 rings (SSSR count). The van der Waals surface area contributed by atoms with Crippen LogP contribution in [0.2, 0.25) is 0 Å². The maximum atomic E-state index is 5.46. The molecule has 0 spiro atoms. The van der Waals surface area contributed by atoms with E-state index < -0.39 is 0 Å². The zero-order valence-electron chi connectivity index (χ0n) is 32.3. The van der Waals surface area contributed by atoms with E-state index in [1.165, 1.54) is 38.6 Å². The van der Waals surface area contributed by atoms with Crippen LogP contribution in [0.25, 0.3) is 95.0 Å². The zero-order chi connectivity index (χ0) is 38.8. The molecule has 2 aromatic heterocycles. The van der Waals surface area contributed by atoms with Gasteiger partial charge in [-0.15, -0.1) is 0 Å². The van der Waals surface area contributed by atoms with Gasteiger partial charge in [0.2, 0.25) is 0 Å². The van der Waals surface area contributed by atoms with Gasteiger partial charge < -0.3 is 4.57 Å². The molecular weight excluding hydrogens is 705 g/mol. The number of benzene rings is 8. The van der Waals surface area contributed by atoms with Crippen molar-refractivity contribution in [3.05, 3.63) is 205 Å². The first-order valence-corrected chi connectivity index (χ1v) is 19.9. The molecule has 274 valence electrons. The third-order valence-corrected chi connectivity index (χ3v) is 11.9. The molecule has 2 heterocycles. The van der Waals surface area contributed by atoms with Crippen LogP contribution in [0.1, 0.15) is 25.0 Å². The summed E-state index contributed by atoms with van der Waals surface area (Å²) in [4.78, 5) is 16.2. The van der Waals surface area contributed by atoms with E-state index in [2.05, 4.69) is 206 Å². The molecule has 0 N–H and O–H groups in total. The van der Waals surface area contributed by atoms with Crippen molar-refractivity contribution in [2.75, 3.05) is 0 Å². The minimum Gasteiger partial charge on any atom is -0.308 e. The first-order chi connectivity index (χ1) is 28.5. The summed E-state index contributed by atoms with van der Waals surface area (Å²) in [5.74, 6) is 1.90. The van der Waals surface area contributed by atoms with E-state index in [0.717, 1.165) is 50.1 Å². The van der Waals surface area contributed by atoms with Crippen molar-refractivity contribution in [3.63, 3.8) is 0 Å². The van der Waals surface area contributed by atoms with E-state index >= 15 is 0 Å². The lowest BCUT2D eigenvalue weighted by atomic mass is 9.82. The van der Waals surface area contributed by atoms with Gasteiger partial charge in [-0.25, -0.2) is 15.0 Å². The summed E-state index contributed by atoms with van der Waals surface area (Å²) in [5.41, 5.74) is 15.5.